The number of methoxy groups -OCH3 is 1. The highest BCUT2D eigenvalue weighted by Gasteiger charge is 2.10. The Morgan fingerprint density at radius 1 is 1.05 bits per heavy atom. The van der Waals surface area contributed by atoms with Crippen molar-refractivity contribution in [1.82, 2.24) is 5.32 Å². The third-order valence-corrected chi connectivity index (χ3v) is 3.30. The molecule has 0 aliphatic rings. The standard InChI is InChI=1S/C17H29NO2/c1-4-6-8-13-20-17-15(14-18-12-7-5-2)10-9-11-16(17)19-3/h9-11,18H,4-8,12-14H2,1-3H3. The van der Waals surface area contributed by atoms with E-state index in [4.69, 9.17) is 9.47 Å². The molecule has 0 atom stereocenters. The van der Waals surface area contributed by atoms with Crippen molar-refractivity contribution in [2.24, 2.45) is 0 Å². The molecule has 0 spiro atoms. The molecule has 0 saturated carbocycles. The highest BCUT2D eigenvalue weighted by Crippen LogP contribution is 2.31. The van der Waals surface area contributed by atoms with Gasteiger partial charge in [-0.25, -0.2) is 0 Å². The van der Waals surface area contributed by atoms with E-state index in [-0.39, 0.29) is 0 Å². The summed E-state index contributed by atoms with van der Waals surface area (Å²) in [5.41, 5.74) is 1.18. The van der Waals surface area contributed by atoms with E-state index in [2.05, 4.69) is 25.2 Å². The Balaban J connectivity index is 2.61. The van der Waals surface area contributed by atoms with Crippen LogP contribution in [0.3, 0.4) is 0 Å². The Morgan fingerprint density at radius 3 is 2.55 bits per heavy atom. The van der Waals surface area contributed by atoms with Gasteiger partial charge < -0.3 is 14.8 Å². The van der Waals surface area contributed by atoms with Gasteiger partial charge in [0.15, 0.2) is 11.5 Å². The smallest absolute Gasteiger partial charge is 0.165 e. The molecular weight excluding hydrogens is 250 g/mol. The summed E-state index contributed by atoms with van der Waals surface area (Å²) >= 11 is 0. The molecule has 0 heterocycles. The zero-order chi connectivity index (χ0) is 14.6. The van der Waals surface area contributed by atoms with Crippen LogP contribution in [0.5, 0.6) is 11.5 Å². The first-order chi connectivity index (χ1) is 9.83. The molecule has 0 bridgehead atoms. The predicted octanol–water partition coefficient (Wildman–Crippen LogP) is 4.15. The van der Waals surface area contributed by atoms with E-state index in [1.165, 1.54) is 31.2 Å². The molecule has 0 unspecified atom stereocenters. The van der Waals surface area contributed by atoms with Crippen molar-refractivity contribution in [3.05, 3.63) is 23.8 Å². The van der Waals surface area contributed by atoms with Crippen molar-refractivity contribution in [2.45, 2.75) is 52.5 Å². The van der Waals surface area contributed by atoms with Crippen molar-refractivity contribution < 1.29 is 9.47 Å². The number of hydrogen-bond donors (Lipinski definition) is 1. The topological polar surface area (TPSA) is 30.5 Å². The second-order valence-corrected chi connectivity index (χ2v) is 5.03. The van der Waals surface area contributed by atoms with E-state index in [1.807, 2.05) is 12.1 Å². The lowest BCUT2D eigenvalue weighted by Gasteiger charge is -2.15. The van der Waals surface area contributed by atoms with Crippen LogP contribution in [0.1, 0.15) is 51.5 Å². The summed E-state index contributed by atoms with van der Waals surface area (Å²) in [5.74, 6) is 1.73. The summed E-state index contributed by atoms with van der Waals surface area (Å²) < 4.78 is 11.4. The number of para-hydroxylation sites is 1. The third-order valence-electron chi connectivity index (χ3n) is 3.30. The fourth-order valence-corrected chi connectivity index (χ4v) is 2.08. The van der Waals surface area contributed by atoms with Crippen LogP contribution in [0, 0.1) is 0 Å². The number of ether oxygens (including phenoxy) is 2. The lowest BCUT2D eigenvalue weighted by atomic mass is 10.1. The predicted molar refractivity (Wildman–Crippen MR) is 84.6 cm³/mol. The normalized spacial score (nSPS) is 10.6. The maximum absolute atomic E-state index is 5.95. The Labute approximate surface area is 123 Å². The van der Waals surface area contributed by atoms with Crippen LogP contribution in [0.15, 0.2) is 18.2 Å². The number of rotatable bonds is 11. The summed E-state index contributed by atoms with van der Waals surface area (Å²) in [4.78, 5) is 0. The van der Waals surface area contributed by atoms with Gasteiger partial charge in [0.1, 0.15) is 0 Å². The van der Waals surface area contributed by atoms with Crippen LogP contribution in [-0.4, -0.2) is 20.3 Å². The van der Waals surface area contributed by atoms with Crippen molar-refractivity contribution in [3.63, 3.8) is 0 Å². The largest absolute Gasteiger partial charge is 0.493 e. The van der Waals surface area contributed by atoms with Gasteiger partial charge >= 0.3 is 0 Å². The molecule has 20 heavy (non-hydrogen) atoms. The van der Waals surface area contributed by atoms with E-state index < -0.39 is 0 Å². The minimum atomic E-state index is 0.760. The quantitative estimate of drug-likeness (QED) is 0.617. The van der Waals surface area contributed by atoms with Crippen LogP contribution in [0.25, 0.3) is 0 Å². The van der Waals surface area contributed by atoms with Gasteiger partial charge in [-0.05, 0) is 25.5 Å². The monoisotopic (exact) mass is 279 g/mol. The summed E-state index contributed by atoms with van der Waals surface area (Å²) in [6, 6.07) is 6.09. The fourth-order valence-electron chi connectivity index (χ4n) is 2.08. The lowest BCUT2D eigenvalue weighted by molar-refractivity contribution is 0.282. The van der Waals surface area contributed by atoms with E-state index in [9.17, 15) is 0 Å². The van der Waals surface area contributed by atoms with Crippen LogP contribution in [0.4, 0.5) is 0 Å². The average Bonchev–Trinajstić information content (AvgIpc) is 2.48. The molecule has 3 heteroatoms. The zero-order valence-corrected chi connectivity index (χ0v) is 13.2. The zero-order valence-electron chi connectivity index (χ0n) is 13.2. The maximum Gasteiger partial charge on any atom is 0.165 e. The first kappa shape index (κ1) is 16.8. The van der Waals surface area contributed by atoms with Gasteiger partial charge in [-0.3, -0.25) is 0 Å². The molecule has 0 amide bonds. The second-order valence-electron chi connectivity index (χ2n) is 5.03. The van der Waals surface area contributed by atoms with Crippen molar-refractivity contribution in [2.75, 3.05) is 20.3 Å². The van der Waals surface area contributed by atoms with Crippen LogP contribution in [-0.2, 0) is 6.54 Å². The molecule has 0 saturated heterocycles. The minimum absolute atomic E-state index is 0.760. The van der Waals surface area contributed by atoms with Gasteiger partial charge in [-0.15, -0.1) is 0 Å². The minimum Gasteiger partial charge on any atom is -0.493 e. The molecule has 3 nitrogen and oxygen atoms in total. The second kappa shape index (κ2) is 10.6. The third kappa shape index (κ3) is 5.83. The van der Waals surface area contributed by atoms with Gasteiger partial charge in [0, 0.05) is 12.1 Å². The molecule has 0 aliphatic carbocycles. The molecule has 1 aromatic carbocycles. The van der Waals surface area contributed by atoms with Crippen LogP contribution >= 0.6 is 0 Å². The Kier molecular flexibility index (Phi) is 8.88. The molecule has 0 aliphatic heterocycles. The first-order valence-electron chi connectivity index (χ1n) is 7.82. The molecule has 114 valence electrons. The van der Waals surface area contributed by atoms with Gasteiger partial charge in [-0.2, -0.15) is 0 Å². The molecule has 1 rings (SSSR count). The molecular formula is C17H29NO2. The van der Waals surface area contributed by atoms with Crippen LogP contribution < -0.4 is 14.8 Å². The highest BCUT2D eigenvalue weighted by molar-refractivity contribution is 5.46. The van der Waals surface area contributed by atoms with Crippen LogP contribution in [0.2, 0.25) is 0 Å². The van der Waals surface area contributed by atoms with Gasteiger partial charge in [0.2, 0.25) is 0 Å². The fraction of sp³-hybridized carbons (Fsp3) is 0.647. The Hall–Kier alpha value is -1.22. The van der Waals surface area contributed by atoms with E-state index in [0.29, 0.717) is 0 Å². The molecule has 1 aromatic rings. The van der Waals surface area contributed by atoms with E-state index >= 15 is 0 Å². The summed E-state index contributed by atoms with van der Waals surface area (Å²) in [5, 5.41) is 3.46. The van der Waals surface area contributed by atoms with Gasteiger partial charge in [-0.1, -0.05) is 45.2 Å². The summed E-state index contributed by atoms with van der Waals surface area (Å²) in [6.45, 7) is 7.04. The average molecular weight is 279 g/mol. The van der Waals surface area contributed by atoms with Crippen molar-refractivity contribution in [3.8, 4) is 11.5 Å². The van der Waals surface area contributed by atoms with Crippen molar-refractivity contribution in [1.29, 1.82) is 0 Å². The van der Waals surface area contributed by atoms with E-state index in [0.717, 1.165) is 37.6 Å². The SMILES string of the molecule is CCCCCOc1c(CNCCCC)cccc1OC. The van der Waals surface area contributed by atoms with E-state index in [1.54, 1.807) is 7.11 Å². The molecule has 0 fully saturated rings. The molecule has 0 radical (unpaired) electrons. The number of nitrogens with one attached hydrogen (secondary N) is 1. The Morgan fingerprint density at radius 2 is 1.85 bits per heavy atom. The highest BCUT2D eigenvalue weighted by atomic mass is 16.5. The Bertz CT molecular complexity index is 366. The molecule has 0 aromatic heterocycles. The van der Waals surface area contributed by atoms with Crippen molar-refractivity contribution >= 4 is 0 Å². The molecule has 1 N–H and O–H groups in total. The van der Waals surface area contributed by atoms with Gasteiger partial charge in [0.25, 0.3) is 0 Å². The number of benzene rings is 1. The van der Waals surface area contributed by atoms with Gasteiger partial charge in [0.05, 0.1) is 13.7 Å². The maximum atomic E-state index is 5.95. The summed E-state index contributed by atoms with van der Waals surface area (Å²) in [7, 11) is 1.70. The summed E-state index contributed by atoms with van der Waals surface area (Å²) in [6.07, 6.45) is 5.93. The number of unbranched alkanes of at least 4 members (excludes halogenated alkanes) is 3. The first-order valence-corrected chi connectivity index (χ1v) is 7.82. The number of hydrogen-bond acceptors (Lipinski definition) is 3. The lowest BCUT2D eigenvalue weighted by Crippen LogP contribution is -2.15.